The first-order chi connectivity index (χ1) is 15.3. The number of imide groups is 1. The van der Waals surface area contributed by atoms with Crippen molar-refractivity contribution in [1.29, 1.82) is 0 Å². The molecule has 4 aliphatic carbocycles. The van der Waals surface area contributed by atoms with Gasteiger partial charge in [-0.15, -0.1) is 0 Å². The monoisotopic (exact) mass is 447 g/mol. The molecule has 0 radical (unpaired) electrons. The summed E-state index contributed by atoms with van der Waals surface area (Å²) < 4.78 is 5.50. The maximum absolute atomic E-state index is 13.2. The SMILES string of the molecule is Cc1cc(OC(=O)c2ccc(N3C(=O)[C@@H]4[C@H]5C=C[C@@H]([C@@H]6C[C@H]56)[C@@H]4C3=O)cc2)cc(C)c1Cl. The van der Waals surface area contributed by atoms with Gasteiger partial charge in [-0.1, -0.05) is 23.8 Å². The first kappa shape index (κ1) is 19.7. The Morgan fingerprint density at radius 1 is 0.938 bits per heavy atom. The Labute approximate surface area is 191 Å². The molecule has 3 fully saturated rings. The number of rotatable bonds is 3. The fourth-order valence-corrected chi connectivity index (χ4v) is 6.20. The fraction of sp³-hybridized carbons (Fsp3) is 0.346. The van der Waals surface area contributed by atoms with Crippen LogP contribution in [0.15, 0.2) is 48.6 Å². The van der Waals surface area contributed by atoms with E-state index in [0.29, 0.717) is 33.9 Å². The molecule has 162 valence electrons. The second-order valence-corrected chi connectivity index (χ2v) is 9.85. The van der Waals surface area contributed by atoms with Crippen molar-refractivity contribution in [3.8, 4) is 5.75 Å². The molecule has 0 unspecified atom stereocenters. The highest BCUT2D eigenvalue weighted by molar-refractivity contribution is 6.32. The number of amides is 2. The van der Waals surface area contributed by atoms with E-state index in [0.717, 1.165) is 17.5 Å². The molecule has 2 aromatic rings. The van der Waals surface area contributed by atoms with Crippen LogP contribution in [0.25, 0.3) is 0 Å². The fourth-order valence-electron chi connectivity index (χ4n) is 6.09. The maximum atomic E-state index is 13.2. The summed E-state index contributed by atoms with van der Waals surface area (Å²) in [6, 6.07) is 9.94. The van der Waals surface area contributed by atoms with Gasteiger partial charge in [-0.05, 0) is 91.5 Å². The van der Waals surface area contributed by atoms with Gasteiger partial charge in [0.05, 0.1) is 23.1 Å². The Kier molecular flexibility index (Phi) is 4.19. The lowest BCUT2D eigenvalue weighted by atomic mass is 9.63. The minimum absolute atomic E-state index is 0.104. The lowest BCUT2D eigenvalue weighted by molar-refractivity contribution is -0.124. The van der Waals surface area contributed by atoms with Crippen LogP contribution in [0.3, 0.4) is 0 Å². The number of carbonyl (C=O) groups excluding carboxylic acids is 3. The first-order valence-electron chi connectivity index (χ1n) is 11.0. The molecule has 1 heterocycles. The number of hydrogen-bond acceptors (Lipinski definition) is 4. The number of nitrogens with zero attached hydrogens (tertiary/aromatic N) is 1. The highest BCUT2D eigenvalue weighted by atomic mass is 35.5. The average molecular weight is 448 g/mol. The van der Waals surface area contributed by atoms with Crippen LogP contribution in [0.5, 0.6) is 5.75 Å². The molecule has 5 nitrogen and oxygen atoms in total. The number of halogens is 1. The van der Waals surface area contributed by atoms with E-state index in [1.54, 1.807) is 36.4 Å². The number of allylic oxidation sites excluding steroid dienone is 2. The molecule has 5 aliphatic rings. The zero-order valence-electron chi connectivity index (χ0n) is 17.7. The van der Waals surface area contributed by atoms with E-state index in [1.165, 1.54) is 4.90 Å². The summed E-state index contributed by atoms with van der Waals surface area (Å²) >= 11 is 6.18. The maximum Gasteiger partial charge on any atom is 0.343 e. The average Bonchev–Trinajstić information content (AvgIpc) is 3.55. The van der Waals surface area contributed by atoms with E-state index < -0.39 is 5.97 Å². The van der Waals surface area contributed by atoms with E-state index >= 15 is 0 Å². The Morgan fingerprint density at radius 3 is 2.00 bits per heavy atom. The second-order valence-electron chi connectivity index (χ2n) is 9.47. The van der Waals surface area contributed by atoms with Crippen LogP contribution in [0, 0.1) is 49.4 Å². The van der Waals surface area contributed by atoms with Crippen molar-refractivity contribution in [2.45, 2.75) is 20.3 Å². The number of aryl methyl sites for hydroxylation is 2. The Bertz CT molecular complexity index is 1160. The summed E-state index contributed by atoms with van der Waals surface area (Å²) in [6.07, 6.45) is 5.46. The van der Waals surface area contributed by atoms with Crippen molar-refractivity contribution in [3.63, 3.8) is 0 Å². The van der Waals surface area contributed by atoms with Crippen LogP contribution in [-0.2, 0) is 9.59 Å². The Hall–Kier alpha value is -2.92. The molecule has 6 atom stereocenters. The van der Waals surface area contributed by atoms with Crippen molar-refractivity contribution in [2.24, 2.45) is 35.5 Å². The highest BCUT2D eigenvalue weighted by Gasteiger charge is 2.67. The van der Waals surface area contributed by atoms with Gasteiger partial charge in [0.2, 0.25) is 11.8 Å². The Balaban J connectivity index is 1.22. The summed E-state index contributed by atoms with van der Waals surface area (Å²) in [6.45, 7) is 3.71. The van der Waals surface area contributed by atoms with Gasteiger partial charge in [-0.2, -0.15) is 0 Å². The van der Waals surface area contributed by atoms with Crippen LogP contribution in [0.2, 0.25) is 5.02 Å². The topological polar surface area (TPSA) is 63.7 Å². The zero-order valence-corrected chi connectivity index (χ0v) is 18.5. The predicted octanol–water partition coefficient (Wildman–Crippen LogP) is 4.73. The summed E-state index contributed by atoms with van der Waals surface area (Å²) in [4.78, 5) is 40.4. The largest absolute Gasteiger partial charge is 0.423 e. The van der Waals surface area contributed by atoms with Crippen molar-refractivity contribution in [1.82, 2.24) is 0 Å². The van der Waals surface area contributed by atoms with Crippen LogP contribution in [0.4, 0.5) is 5.69 Å². The third-order valence-electron chi connectivity index (χ3n) is 7.64. The number of benzene rings is 2. The molecular weight excluding hydrogens is 426 g/mol. The molecule has 0 aromatic heterocycles. The Morgan fingerprint density at radius 2 is 1.47 bits per heavy atom. The summed E-state index contributed by atoms with van der Waals surface area (Å²) in [7, 11) is 0. The van der Waals surface area contributed by atoms with E-state index in [-0.39, 0.29) is 35.5 Å². The van der Waals surface area contributed by atoms with Crippen LogP contribution in [-0.4, -0.2) is 17.8 Å². The van der Waals surface area contributed by atoms with Gasteiger partial charge in [0.15, 0.2) is 0 Å². The number of esters is 1. The van der Waals surface area contributed by atoms with E-state index in [2.05, 4.69) is 12.2 Å². The van der Waals surface area contributed by atoms with E-state index in [4.69, 9.17) is 16.3 Å². The van der Waals surface area contributed by atoms with Gasteiger partial charge in [0, 0.05) is 5.02 Å². The molecular formula is C26H22ClNO4. The van der Waals surface area contributed by atoms with Crippen molar-refractivity contribution in [2.75, 3.05) is 4.90 Å². The summed E-state index contributed by atoms with van der Waals surface area (Å²) in [5.41, 5.74) is 2.52. The van der Waals surface area contributed by atoms with Crippen molar-refractivity contribution < 1.29 is 19.1 Å². The summed E-state index contributed by atoms with van der Waals surface area (Å²) in [5, 5.41) is 0.649. The van der Waals surface area contributed by atoms with Crippen LogP contribution in [0.1, 0.15) is 27.9 Å². The molecule has 2 bridgehead atoms. The number of anilines is 1. The third kappa shape index (κ3) is 2.73. The van der Waals surface area contributed by atoms with Gasteiger partial charge in [-0.3, -0.25) is 14.5 Å². The van der Waals surface area contributed by atoms with Gasteiger partial charge in [0.25, 0.3) is 0 Å². The predicted molar refractivity (Wildman–Crippen MR) is 120 cm³/mol. The molecule has 6 heteroatoms. The summed E-state index contributed by atoms with van der Waals surface area (Å²) in [5.74, 6) is 0.764. The second kappa shape index (κ2) is 6.79. The smallest absolute Gasteiger partial charge is 0.343 e. The number of ether oxygens (including phenoxy) is 1. The molecule has 0 N–H and O–H groups in total. The molecule has 7 rings (SSSR count). The molecule has 2 aromatic carbocycles. The van der Waals surface area contributed by atoms with E-state index in [1.807, 2.05) is 13.8 Å². The van der Waals surface area contributed by atoms with Crippen LogP contribution >= 0.6 is 11.6 Å². The highest BCUT2D eigenvalue weighted by Crippen LogP contribution is 2.65. The minimum atomic E-state index is -0.507. The molecule has 2 amide bonds. The number of hydrogen-bond donors (Lipinski definition) is 0. The van der Waals surface area contributed by atoms with Crippen molar-refractivity contribution in [3.05, 3.63) is 70.3 Å². The first-order valence-corrected chi connectivity index (χ1v) is 11.4. The molecule has 2 saturated carbocycles. The van der Waals surface area contributed by atoms with Gasteiger partial charge < -0.3 is 4.74 Å². The lowest BCUT2D eigenvalue weighted by Crippen LogP contribution is -2.40. The van der Waals surface area contributed by atoms with Crippen molar-refractivity contribution >= 4 is 35.1 Å². The third-order valence-corrected chi connectivity index (χ3v) is 8.24. The molecule has 0 spiro atoms. The van der Waals surface area contributed by atoms with E-state index in [9.17, 15) is 14.4 Å². The lowest BCUT2D eigenvalue weighted by Gasteiger charge is -2.37. The quantitative estimate of drug-likeness (QED) is 0.295. The standard InChI is InChI=1S/C26H22ClNO4/c1-12-9-16(10-13(2)23(12)27)32-26(31)14-3-5-15(6-4-14)28-24(29)21-17-7-8-18(20-11-19(17)20)22(21)25(28)30/h3-10,17-22H,11H2,1-2H3/t17-,18-,19-,20+,21-,22+/m0/s1. The van der Waals surface area contributed by atoms with Gasteiger partial charge in [0.1, 0.15) is 5.75 Å². The normalized spacial score (nSPS) is 31.5. The zero-order chi connectivity index (χ0) is 22.3. The minimum Gasteiger partial charge on any atom is -0.423 e. The molecule has 1 saturated heterocycles. The number of carbonyl (C=O) groups is 3. The van der Waals surface area contributed by atoms with Gasteiger partial charge >= 0.3 is 5.97 Å². The molecule has 1 aliphatic heterocycles. The molecule has 32 heavy (non-hydrogen) atoms. The van der Waals surface area contributed by atoms with Crippen LogP contribution < -0.4 is 9.64 Å². The van der Waals surface area contributed by atoms with Gasteiger partial charge in [-0.25, -0.2) is 4.79 Å².